The van der Waals surface area contributed by atoms with E-state index < -0.39 is 41.0 Å². The Balaban J connectivity index is 1.44. The Labute approximate surface area is 252 Å². The van der Waals surface area contributed by atoms with E-state index in [0.29, 0.717) is 18.7 Å². The van der Waals surface area contributed by atoms with Gasteiger partial charge in [-0.15, -0.1) is 0 Å². The highest BCUT2D eigenvalue weighted by Gasteiger charge is 2.61. The van der Waals surface area contributed by atoms with Crippen molar-refractivity contribution in [2.24, 2.45) is 17.3 Å². The van der Waals surface area contributed by atoms with Crippen LogP contribution in [0.25, 0.3) is 10.8 Å². The van der Waals surface area contributed by atoms with Crippen LogP contribution in [0.3, 0.4) is 0 Å². The highest BCUT2D eigenvalue weighted by atomic mass is 16.6. The van der Waals surface area contributed by atoms with Gasteiger partial charge in [0.25, 0.3) is 0 Å². The molecule has 1 aliphatic carbocycles. The number of fused-ring (bicyclic) bond motifs is 3. The maximum absolute atomic E-state index is 14.2. The Morgan fingerprint density at radius 3 is 2.67 bits per heavy atom. The maximum Gasteiger partial charge on any atom is 0.310 e. The first-order chi connectivity index (χ1) is 20.5. The van der Waals surface area contributed by atoms with Crippen molar-refractivity contribution in [3.63, 3.8) is 0 Å². The summed E-state index contributed by atoms with van der Waals surface area (Å²) in [5.41, 5.74) is -1.83. The maximum atomic E-state index is 14.2. The Morgan fingerprint density at radius 1 is 1.12 bits per heavy atom. The molecule has 0 radical (unpaired) electrons. The van der Waals surface area contributed by atoms with Crippen LogP contribution in [0, 0.1) is 17.3 Å². The van der Waals surface area contributed by atoms with E-state index >= 15 is 0 Å². The number of ketones is 1. The molecule has 0 spiro atoms. The number of benzene rings is 1. The molecule has 0 bridgehead atoms. The van der Waals surface area contributed by atoms with E-state index in [0.717, 1.165) is 36.5 Å². The third-order valence-electron chi connectivity index (χ3n) is 8.86. The molecule has 1 saturated heterocycles. The number of carbonyl (C=O) groups is 4. The van der Waals surface area contributed by atoms with Crippen LogP contribution < -0.4 is 4.74 Å². The summed E-state index contributed by atoms with van der Waals surface area (Å²) in [5, 5.41) is 11.9. The van der Waals surface area contributed by atoms with Crippen molar-refractivity contribution in [2.75, 3.05) is 6.54 Å². The molecule has 2 aliphatic heterocycles. The molecular weight excluding hydrogens is 548 g/mol. The third-order valence-corrected chi connectivity index (χ3v) is 8.86. The molecule has 1 aromatic heterocycles. The number of aromatic nitrogens is 1. The molecule has 5 atom stereocenters. The predicted molar refractivity (Wildman–Crippen MR) is 160 cm³/mol. The lowest BCUT2D eigenvalue weighted by Crippen LogP contribution is -2.45. The van der Waals surface area contributed by atoms with Crippen LogP contribution in [0.15, 0.2) is 48.7 Å². The van der Waals surface area contributed by atoms with Crippen LogP contribution in [-0.4, -0.2) is 62.9 Å². The zero-order valence-electron chi connectivity index (χ0n) is 25.3. The average Bonchev–Trinajstić information content (AvgIpc) is 3.48. The van der Waals surface area contributed by atoms with E-state index in [1.54, 1.807) is 27.0 Å². The fraction of sp³-hybridized carbons (Fsp3) is 0.559. The molecular formula is C34H42N2O7. The van der Waals surface area contributed by atoms with Gasteiger partial charge < -0.3 is 19.5 Å². The minimum absolute atomic E-state index is 0.0784. The summed E-state index contributed by atoms with van der Waals surface area (Å²) < 4.78 is 11.9. The van der Waals surface area contributed by atoms with Crippen molar-refractivity contribution < 1.29 is 33.8 Å². The van der Waals surface area contributed by atoms with E-state index in [1.807, 2.05) is 42.5 Å². The first-order valence-electron chi connectivity index (χ1n) is 15.4. The van der Waals surface area contributed by atoms with E-state index in [4.69, 9.17) is 9.47 Å². The summed E-state index contributed by atoms with van der Waals surface area (Å²) in [4.78, 5) is 59.3. The Morgan fingerprint density at radius 2 is 1.91 bits per heavy atom. The Bertz CT molecular complexity index is 1410. The number of amides is 1. The number of carboxylic acid groups (broad SMARTS) is 1. The van der Waals surface area contributed by atoms with E-state index in [1.165, 1.54) is 4.90 Å². The predicted octanol–water partition coefficient (Wildman–Crippen LogP) is 5.50. The van der Waals surface area contributed by atoms with Gasteiger partial charge in [0.2, 0.25) is 11.8 Å². The molecule has 5 rings (SSSR count). The van der Waals surface area contributed by atoms with Crippen LogP contribution in [-0.2, 0) is 23.9 Å². The van der Waals surface area contributed by atoms with Crippen LogP contribution in [0.5, 0.6) is 5.88 Å². The second kappa shape index (κ2) is 12.5. The number of hydrogen-bond acceptors (Lipinski definition) is 7. The number of nitrogens with zero attached hydrogens (tertiary/aromatic N) is 2. The molecule has 230 valence electrons. The molecule has 2 fully saturated rings. The van der Waals surface area contributed by atoms with Gasteiger partial charge in [-0.1, -0.05) is 43.2 Å². The number of aliphatic carboxylic acids is 1. The first kappa shape index (κ1) is 30.7. The van der Waals surface area contributed by atoms with Crippen molar-refractivity contribution in [3.8, 4) is 5.88 Å². The number of esters is 1. The lowest BCUT2D eigenvalue weighted by atomic mass is 9.91. The average molecular weight is 591 g/mol. The number of Topliss-reactive ketones (excluding diaryl/α,β-unsaturated/α-hetero) is 1. The summed E-state index contributed by atoms with van der Waals surface area (Å²) >= 11 is 0. The molecule has 1 amide bonds. The Hall–Kier alpha value is -3.75. The van der Waals surface area contributed by atoms with E-state index in [9.17, 15) is 24.3 Å². The van der Waals surface area contributed by atoms with Crippen LogP contribution in [0.1, 0.15) is 78.6 Å². The molecule has 1 aromatic carbocycles. The van der Waals surface area contributed by atoms with Crippen molar-refractivity contribution in [3.05, 3.63) is 48.7 Å². The van der Waals surface area contributed by atoms with Gasteiger partial charge in [-0.3, -0.25) is 19.2 Å². The van der Waals surface area contributed by atoms with Crippen molar-refractivity contribution in [2.45, 2.75) is 96.3 Å². The summed E-state index contributed by atoms with van der Waals surface area (Å²) in [6.07, 6.45) is 9.34. The normalized spacial score (nSPS) is 29.1. The van der Waals surface area contributed by atoms with E-state index in [2.05, 4.69) is 4.98 Å². The number of pyridine rings is 1. The largest absolute Gasteiger partial charge is 0.481 e. The van der Waals surface area contributed by atoms with Gasteiger partial charge in [0, 0.05) is 30.3 Å². The fourth-order valence-electron chi connectivity index (χ4n) is 6.54. The molecule has 2 aromatic rings. The van der Waals surface area contributed by atoms with Gasteiger partial charge in [0.05, 0.1) is 24.4 Å². The zero-order valence-corrected chi connectivity index (χ0v) is 25.3. The van der Waals surface area contributed by atoms with E-state index in [-0.39, 0.29) is 43.4 Å². The van der Waals surface area contributed by atoms with Crippen LogP contribution >= 0.6 is 0 Å². The molecule has 0 unspecified atom stereocenters. The SMILES string of the molecule is CC(C)(C)OC(=O)C[C@H]1CCCCC/C=C\[C@@H]2C[C@@]2(C(=O)O)CC(=O)[C@@H]2C[C@@H](Oc3nccc4ccccc34)CN2C1=O. The van der Waals surface area contributed by atoms with Gasteiger partial charge in [-0.25, -0.2) is 4.98 Å². The number of ether oxygens (including phenoxy) is 2. The molecule has 1 N–H and O–H groups in total. The third kappa shape index (κ3) is 7.08. The quantitative estimate of drug-likeness (QED) is 0.358. The van der Waals surface area contributed by atoms with Gasteiger partial charge in [-0.05, 0) is 69.9 Å². The summed E-state index contributed by atoms with van der Waals surface area (Å²) in [6.45, 7) is 5.52. The summed E-state index contributed by atoms with van der Waals surface area (Å²) in [7, 11) is 0. The fourth-order valence-corrected chi connectivity index (χ4v) is 6.54. The minimum atomic E-state index is -1.14. The van der Waals surface area contributed by atoms with Crippen molar-refractivity contribution in [1.29, 1.82) is 0 Å². The number of carboxylic acids is 1. The standard InChI is InChI=1S/C34H42N2O7/c1-33(2,3)43-29(38)17-23-12-7-5-4-6-8-13-24-19-34(24,32(40)41)20-28(37)27-18-25(21-36(27)31(23)39)42-30-26-14-10-9-11-22(26)15-16-35-30/h8-11,13-16,23-25,27H,4-7,12,17-21H2,1-3H3,(H,40,41)/b13-8-/t23-,24-,25-,27+,34-/m1/s1. The van der Waals surface area contributed by atoms with Crippen molar-refractivity contribution >= 4 is 34.4 Å². The van der Waals surface area contributed by atoms with Gasteiger partial charge >= 0.3 is 11.9 Å². The smallest absolute Gasteiger partial charge is 0.310 e. The number of carbonyl (C=O) groups excluding carboxylic acids is 3. The van der Waals surface area contributed by atoms with Crippen molar-refractivity contribution in [1.82, 2.24) is 9.88 Å². The van der Waals surface area contributed by atoms with Gasteiger partial charge in [0.15, 0.2) is 5.78 Å². The molecule has 9 nitrogen and oxygen atoms in total. The van der Waals surface area contributed by atoms with Gasteiger partial charge in [0.1, 0.15) is 11.7 Å². The molecule has 3 heterocycles. The lowest BCUT2D eigenvalue weighted by Gasteiger charge is -2.29. The number of rotatable bonds is 5. The lowest BCUT2D eigenvalue weighted by molar-refractivity contribution is -0.159. The summed E-state index contributed by atoms with van der Waals surface area (Å²) in [5.74, 6) is -2.43. The van der Waals surface area contributed by atoms with Gasteiger partial charge in [-0.2, -0.15) is 0 Å². The number of hydrogen-bond donors (Lipinski definition) is 1. The molecule has 43 heavy (non-hydrogen) atoms. The van der Waals surface area contributed by atoms with Crippen LogP contribution in [0.2, 0.25) is 0 Å². The molecule has 1 saturated carbocycles. The Kier molecular flexibility index (Phi) is 8.90. The number of allylic oxidation sites excluding steroid dienone is 2. The second-order valence-electron chi connectivity index (χ2n) is 13.3. The summed E-state index contributed by atoms with van der Waals surface area (Å²) in [6, 6.07) is 8.75. The first-order valence-corrected chi connectivity index (χ1v) is 15.4. The topological polar surface area (TPSA) is 123 Å². The second-order valence-corrected chi connectivity index (χ2v) is 13.3. The highest BCUT2D eigenvalue weighted by molar-refractivity contribution is 5.95. The van der Waals surface area contributed by atoms with Crippen LogP contribution in [0.4, 0.5) is 0 Å². The molecule has 9 heteroatoms. The zero-order chi connectivity index (χ0) is 30.8. The minimum Gasteiger partial charge on any atom is -0.481 e. The monoisotopic (exact) mass is 590 g/mol. The highest BCUT2D eigenvalue weighted by Crippen LogP contribution is 2.57. The molecule has 3 aliphatic rings.